The van der Waals surface area contributed by atoms with E-state index in [9.17, 15) is 9.59 Å². The summed E-state index contributed by atoms with van der Waals surface area (Å²) in [7, 11) is 0. The molecule has 0 saturated carbocycles. The molecule has 0 unspecified atom stereocenters. The van der Waals surface area contributed by atoms with Gasteiger partial charge in [0.15, 0.2) is 0 Å². The van der Waals surface area contributed by atoms with E-state index in [-0.39, 0.29) is 0 Å². The van der Waals surface area contributed by atoms with Gasteiger partial charge in [-0.25, -0.2) is 0 Å². The first-order chi connectivity index (χ1) is 18.5. The van der Waals surface area contributed by atoms with Gasteiger partial charge in [-0.2, -0.15) is 0 Å². The number of hydrogen-bond acceptors (Lipinski definition) is 6. The zero-order chi connectivity index (χ0) is 27.1. The monoisotopic (exact) mass is 542 g/mol. The third-order valence-electron chi connectivity index (χ3n) is 6.60. The molecule has 0 aliphatic heterocycles. The average molecular weight is 543 g/mol. The molecule has 0 saturated heterocycles. The van der Waals surface area contributed by atoms with Crippen LogP contribution in [0.4, 0.5) is 0 Å². The minimum atomic E-state index is 0.434. The van der Waals surface area contributed by atoms with Gasteiger partial charge in [0, 0.05) is 20.9 Å². The quantitative estimate of drug-likeness (QED) is 0.141. The van der Waals surface area contributed by atoms with Gasteiger partial charge in [-0.1, -0.05) is 36.4 Å². The van der Waals surface area contributed by atoms with Crippen molar-refractivity contribution >= 4 is 36.1 Å². The normalized spacial score (nSPS) is 10.7. The molecule has 0 heterocycles. The Labute approximate surface area is 232 Å². The van der Waals surface area contributed by atoms with Crippen molar-refractivity contribution in [1.29, 1.82) is 0 Å². The van der Waals surface area contributed by atoms with Crippen molar-refractivity contribution < 1.29 is 19.1 Å². The second-order valence-electron chi connectivity index (χ2n) is 8.81. The largest absolute Gasteiger partial charge is 0.488 e. The highest BCUT2D eigenvalue weighted by atomic mass is 32.2. The fraction of sp³-hybridized carbons (Fsp3) is 0.188. The average Bonchev–Trinajstić information content (AvgIpc) is 2.96. The molecule has 0 aliphatic rings. The first-order valence-corrected chi connectivity index (χ1v) is 14.6. The van der Waals surface area contributed by atoms with E-state index in [1.165, 1.54) is 0 Å². The maximum Gasteiger partial charge on any atom is 0.150 e. The van der Waals surface area contributed by atoms with Crippen molar-refractivity contribution in [1.82, 2.24) is 0 Å². The Morgan fingerprint density at radius 3 is 1.42 bits per heavy atom. The SMILES string of the molecule is CSc1cc(C=O)ccc1OCc1cccc(-c2cccc(COc3ccc(C=O)cc3SC)c2C)c1C. The number of aldehydes is 2. The summed E-state index contributed by atoms with van der Waals surface area (Å²) in [5, 5.41) is 0. The molecular formula is C32H30O4S2. The maximum absolute atomic E-state index is 11.1. The van der Waals surface area contributed by atoms with E-state index >= 15 is 0 Å². The third-order valence-corrected chi connectivity index (χ3v) is 8.11. The molecule has 4 aromatic carbocycles. The lowest BCUT2D eigenvalue weighted by molar-refractivity contribution is 0.111. The van der Waals surface area contributed by atoms with Crippen molar-refractivity contribution in [2.45, 2.75) is 36.9 Å². The van der Waals surface area contributed by atoms with E-state index in [1.54, 1.807) is 35.7 Å². The smallest absolute Gasteiger partial charge is 0.150 e. The van der Waals surface area contributed by atoms with Gasteiger partial charge >= 0.3 is 0 Å². The second kappa shape index (κ2) is 12.9. The Balaban J connectivity index is 1.55. The first-order valence-electron chi connectivity index (χ1n) is 12.2. The van der Waals surface area contributed by atoms with E-state index in [2.05, 4.69) is 50.2 Å². The van der Waals surface area contributed by atoms with E-state index in [0.717, 1.165) is 67.2 Å². The van der Waals surface area contributed by atoms with Gasteiger partial charge in [0.2, 0.25) is 0 Å². The summed E-state index contributed by atoms with van der Waals surface area (Å²) in [6, 6.07) is 23.6. The van der Waals surface area contributed by atoms with Crippen LogP contribution in [0, 0.1) is 13.8 Å². The molecule has 0 spiro atoms. The molecule has 194 valence electrons. The van der Waals surface area contributed by atoms with Gasteiger partial charge in [0.05, 0.1) is 0 Å². The summed E-state index contributed by atoms with van der Waals surface area (Å²) in [6.07, 6.45) is 5.65. The Bertz CT molecular complexity index is 1350. The highest BCUT2D eigenvalue weighted by Gasteiger charge is 2.13. The highest BCUT2D eigenvalue weighted by Crippen LogP contribution is 2.34. The Hall–Kier alpha value is -3.48. The number of carbonyl (C=O) groups is 2. The van der Waals surface area contributed by atoms with E-state index in [4.69, 9.17) is 9.47 Å². The van der Waals surface area contributed by atoms with Crippen LogP contribution >= 0.6 is 23.5 Å². The van der Waals surface area contributed by atoms with Crippen molar-refractivity contribution in [3.05, 3.63) is 106 Å². The standard InChI is InChI=1S/C32H30O4S2/c1-21-25(19-35-29-13-11-23(17-33)15-31(29)37-3)7-5-9-27(21)28-10-6-8-26(22(28)2)20-36-30-14-12-24(18-34)16-32(30)38-4/h5-18H,19-20H2,1-4H3. The molecule has 4 rings (SSSR count). The van der Waals surface area contributed by atoms with E-state index < -0.39 is 0 Å². The van der Waals surface area contributed by atoms with Crippen LogP contribution < -0.4 is 9.47 Å². The first kappa shape index (κ1) is 27.6. The van der Waals surface area contributed by atoms with Crippen molar-refractivity contribution in [2.75, 3.05) is 12.5 Å². The number of carbonyl (C=O) groups excluding carboxylic acids is 2. The molecule has 0 bridgehead atoms. The zero-order valence-corrected chi connectivity index (χ0v) is 23.6. The van der Waals surface area contributed by atoms with Crippen LogP contribution in [0.3, 0.4) is 0 Å². The van der Waals surface area contributed by atoms with Crippen LogP contribution in [-0.4, -0.2) is 25.1 Å². The van der Waals surface area contributed by atoms with E-state index in [1.807, 2.05) is 36.8 Å². The Kier molecular flexibility index (Phi) is 9.32. The van der Waals surface area contributed by atoms with Crippen molar-refractivity contribution in [3.8, 4) is 22.6 Å². The Morgan fingerprint density at radius 1 is 0.632 bits per heavy atom. The molecule has 0 amide bonds. The van der Waals surface area contributed by atoms with Gasteiger partial charge < -0.3 is 9.47 Å². The lowest BCUT2D eigenvalue weighted by atomic mass is 9.92. The second-order valence-corrected chi connectivity index (χ2v) is 10.5. The fourth-order valence-electron chi connectivity index (χ4n) is 4.33. The number of thioether (sulfide) groups is 2. The van der Waals surface area contributed by atoms with Gasteiger partial charge in [0.25, 0.3) is 0 Å². The number of benzene rings is 4. The molecule has 4 nitrogen and oxygen atoms in total. The molecule has 0 radical (unpaired) electrons. The molecule has 6 heteroatoms. The molecule has 0 atom stereocenters. The molecule has 4 aromatic rings. The molecule has 0 aliphatic carbocycles. The minimum Gasteiger partial charge on any atom is -0.488 e. The van der Waals surface area contributed by atoms with Crippen LogP contribution in [0.25, 0.3) is 11.1 Å². The maximum atomic E-state index is 11.1. The van der Waals surface area contributed by atoms with Crippen molar-refractivity contribution in [3.63, 3.8) is 0 Å². The molecule has 0 N–H and O–H groups in total. The lowest BCUT2D eigenvalue weighted by Crippen LogP contribution is -2.03. The summed E-state index contributed by atoms with van der Waals surface area (Å²) >= 11 is 3.12. The van der Waals surface area contributed by atoms with Gasteiger partial charge in [-0.3, -0.25) is 9.59 Å². The third kappa shape index (κ3) is 6.14. The van der Waals surface area contributed by atoms with E-state index in [0.29, 0.717) is 24.3 Å². The summed E-state index contributed by atoms with van der Waals surface area (Å²) in [4.78, 5) is 24.1. The summed E-state index contributed by atoms with van der Waals surface area (Å²) < 4.78 is 12.4. The van der Waals surface area contributed by atoms with Crippen LogP contribution in [0.5, 0.6) is 11.5 Å². The summed E-state index contributed by atoms with van der Waals surface area (Å²) in [5.41, 5.74) is 8.14. The number of ether oxygens (including phenoxy) is 2. The number of hydrogen-bond donors (Lipinski definition) is 0. The highest BCUT2D eigenvalue weighted by molar-refractivity contribution is 7.99. The van der Waals surface area contributed by atoms with Crippen molar-refractivity contribution in [2.24, 2.45) is 0 Å². The predicted octanol–water partition coefficient (Wildman–Crippen LogP) is 8.20. The van der Waals surface area contributed by atoms with Gasteiger partial charge in [-0.05, 0) is 96.1 Å². The van der Waals surface area contributed by atoms with Crippen LogP contribution in [0.1, 0.15) is 43.0 Å². The number of rotatable bonds is 11. The minimum absolute atomic E-state index is 0.434. The van der Waals surface area contributed by atoms with Crippen LogP contribution in [0.15, 0.2) is 82.6 Å². The Morgan fingerprint density at radius 2 is 1.05 bits per heavy atom. The summed E-state index contributed by atoms with van der Waals surface area (Å²) in [6.45, 7) is 5.12. The topological polar surface area (TPSA) is 52.6 Å². The molecule has 0 fully saturated rings. The summed E-state index contributed by atoms with van der Waals surface area (Å²) in [5.74, 6) is 1.54. The lowest BCUT2D eigenvalue weighted by Gasteiger charge is -2.18. The predicted molar refractivity (Wildman–Crippen MR) is 157 cm³/mol. The fourth-order valence-corrected chi connectivity index (χ4v) is 5.49. The van der Waals surface area contributed by atoms with Gasteiger partial charge in [-0.15, -0.1) is 23.5 Å². The molecular weight excluding hydrogens is 512 g/mol. The van der Waals surface area contributed by atoms with Crippen LogP contribution in [0.2, 0.25) is 0 Å². The zero-order valence-electron chi connectivity index (χ0n) is 21.9. The molecule has 38 heavy (non-hydrogen) atoms. The van der Waals surface area contributed by atoms with Gasteiger partial charge in [0.1, 0.15) is 37.3 Å². The van der Waals surface area contributed by atoms with Crippen LogP contribution in [-0.2, 0) is 13.2 Å². The molecule has 0 aromatic heterocycles.